The summed E-state index contributed by atoms with van der Waals surface area (Å²) in [6.45, 7) is 0.212. The van der Waals surface area contributed by atoms with Gasteiger partial charge >= 0.3 is 0 Å². The van der Waals surface area contributed by atoms with Crippen LogP contribution in [0.2, 0.25) is 0 Å². The van der Waals surface area contributed by atoms with Gasteiger partial charge in [0.05, 0.1) is 0 Å². The van der Waals surface area contributed by atoms with Crippen molar-refractivity contribution in [1.82, 2.24) is 5.73 Å². The molecule has 30 valence electrons. The minimum Gasteiger partial charge on any atom is -0.145 e. The third-order valence-corrected chi connectivity index (χ3v) is 0.559. The maximum Gasteiger partial charge on any atom is 0.0332 e. The molecule has 0 bridgehead atoms. The first kappa shape index (κ1) is 5.25. The summed E-state index contributed by atoms with van der Waals surface area (Å²) in [5.41, 5.74) is 7.98. The van der Waals surface area contributed by atoms with Gasteiger partial charge in [0.15, 0.2) is 0 Å². The van der Waals surface area contributed by atoms with Crippen molar-refractivity contribution < 1.29 is 0 Å². The van der Waals surface area contributed by atoms with Crippen molar-refractivity contribution in [3.8, 4) is 0 Å². The maximum atomic E-state index is 7.98. The fraction of sp³-hybridized carbons (Fsp3) is 1.00. The van der Waals surface area contributed by atoms with E-state index in [1.165, 1.54) is 0 Å². The lowest BCUT2D eigenvalue weighted by atomic mass is 10.5. The van der Waals surface area contributed by atoms with Crippen molar-refractivity contribution in [1.29, 1.82) is 0 Å². The molecule has 0 saturated heterocycles. The van der Waals surface area contributed by atoms with E-state index in [0.29, 0.717) is 12.3 Å². The number of hydrogen-bond acceptors (Lipinski definition) is 0. The second-order valence-electron chi connectivity index (χ2n) is 0.766. The van der Waals surface area contributed by atoms with Crippen LogP contribution in [0.4, 0.5) is 0 Å². The van der Waals surface area contributed by atoms with Gasteiger partial charge in [-0.25, -0.2) is 0 Å². The van der Waals surface area contributed by atoms with Crippen molar-refractivity contribution >= 4 is 11.6 Å². The molecule has 0 spiro atoms. The quantitative estimate of drug-likeness (QED) is 0.446. The van der Waals surface area contributed by atoms with Gasteiger partial charge in [-0.15, -0.1) is 17.3 Å². The third kappa shape index (κ3) is 4.25. The van der Waals surface area contributed by atoms with Gasteiger partial charge < -0.3 is 0 Å². The molecule has 5 heavy (non-hydrogen) atoms. The lowest BCUT2D eigenvalue weighted by molar-refractivity contribution is 0.914. The first-order chi connectivity index (χ1) is 2.41. The van der Waals surface area contributed by atoms with E-state index >= 15 is 0 Å². The Bertz CT molecular complexity index is 14.4. The number of rotatable bonds is 2. The number of nitrogens with zero attached hydrogens (tertiary/aromatic N) is 1. The predicted octanol–water partition coefficient (Wildman–Crippen LogP) is 0.684. The Hall–Kier alpha value is 0.250. The molecule has 0 N–H and O–H groups in total. The first-order valence-electron chi connectivity index (χ1n) is 1.58. The highest BCUT2D eigenvalue weighted by atomic mass is 35.5. The summed E-state index contributed by atoms with van der Waals surface area (Å²) in [4.78, 5) is 0. The lowest BCUT2D eigenvalue weighted by Gasteiger charge is -1.75. The molecule has 0 unspecified atom stereocenters. The maximum absolute atomic E-state index is 7.98. The molecule has 0 aliphatic carbocycles. The van der Waals surface area contributed by atoms with Crippen LogP contribution in [-0.4, -0.2) is 12.4 Å². The Morgan fingerprint density at radius 3 is 2.20 bits per heavy atom. The topological polar surface area (TPSA) is 22.3 Å². The Morgan fingerprint density at radius 2 is 2.20 bits per heavy atom. The molecule has 0 aromatic rings. The largest absolute Gasteiger partial charge is 0.145 e. The monoisotopic (exact) mass is 91.0 g/mol. The van der Waals surface area contributed by atoms with Crippen molar-refractivity contribution in [3.63, 3.8) is 0 Å². The molecule has 0 atom stereocenters. The SMILES string of the molecule is [N]CCCCl. The second-order valence-corrected chi connectivity index (χ2v) is 1.14. The predicted molar refractivity (Wildman–Crippen MR) is 22.3 cm³/mol. The van der Waals surface area contributed by atoms with E-state index in [9.17, 15) is 0 Å². The van der Waals surface area contributed by atoms with Crippen LogP contribution in [0.3, 0.4) is 0 Å². The van der Waals surface area contributed by atoms with Crippen LogP contribution in [-0.2, 0) is 0 Å². The molecule has 0 heterocycles. The molecule has 0 amide bonds. The Kier molecular flexibility index (Phi) is 4.46. The average Bonchev–Trinajstić information content (AvgIpc) is 1.41. The standard InChI is InChI=1S/C3H6ClN/c4-2-1-3-5/h1-3H2. The van der Waals surface area contributed by atoms with Gasteiger partial charge in [0.2, 0.25) is 0 Å². The highest BCUT2D eigenvalue weighted by Gasteiger charge is 1.72. The summed E-state index contributed by atoms with van der Waals surface area (Å²) in [6, 6.07) is 0. The van der Waals surface area contributed by atoms with Crippen LogP contribution in [0.5, 0.6) is 0 Å². The molecule has 0 fully saturated rings. The van der Waals surface area contributed by atoms with Crippen molar-refractivity contribution in [3.05, 3.63) is 0 Å². The van der Waals surface area contributed by atoms with E-state index in [1.54, 1.807) is 0 Å². The fourth-order valence-corrected chi connectivity index (χ4v) is 0.179. The molecular formula is C3H6ClN. The molecular weight excluding hydrogens is 85.5 g/mol. The summed E-state index contributed by atoms with van der Waals surface area (Å²) in [5, 5.41) is 0. The van der Waals surface area contributed by atoms with Crippen LogP contribution in [0.1, 0.15) is 6.42 Å². The fourth-order valence-electron chi connectivity index (χ4n) is 0.0598. The van der Waals surface area contributed by atoms with E-state index < -0.39 is 0 Å². The zero-order valence-corrected chi connectivity index (χ0v) is 3.70. The van der Waals surface area contributed by atoms with Crippen LogP contribution in [0.25, 0.3) is 0 Å². The van der Waals surface area contributed by atoms with Gasteiger partial charge in [0.1, 0.15) is 0 Å². The van der Waals surface area contributed by atoms with E-state index in [0.717, 1.165) is 0 Å². The summed E-state index contributed by atoms with van der Waals surface area (Å²) < 4.78 is 0. The highest BCUT2D eigenvalue weighted by molar-refractivity contribution is 6.17. The normalized spacial score (nSPS) is 8.40. The Morgan fingerprint density at radius 1 is 1.60 bits per heavy atom. The van der Waals surface area contributed by atoms with Crippen LogP contribution in [0, 0.1) is 0 Å². The number of alkyl halides is 1. The van der Waals surface area contributed by atoms with Gasteiger partial charge in [-0.05, 0) is 6.42 Å². The zero-order valence-electron chi connectivity index (χ0n) is 2.95. The number of hydrogen-bond donors (Lipinski definition) is 0. The van der Waals surface area contributed by atoms with Crippen molar-refractivity contribution in [2.45, 2.75) is 6.42 Å². The minimum absolute atomic E-state index is 0.212. The Labute approximate surface area is 37.1 Å². The van der Waals surface area contributed by atoms with Crippen LogP contribution in [0.15, 0.2) is 0 Å². The van der Waals surface area contributed by atoms with E-state index in [-0.39, 0.29) is 6.54 Å². The molecule has 2 heteroatoms. The molecule has 0 rings (SSSR count). The van der Waals surface area contributed by atoms with Gasteiger partial charge in [0.25, 0.3) is 0 Å². The molecule has 0 aromatic heterocycles. The van der Waals surface area contributed by atoms with E-state index in [4.69, 9.17) is 17.3 Å². The smallest absolute Gasteiger partial charge is 0.0332 e. The zero-order chi connectivity index (χ0) is 4.12. The molecule has 2 radical (unpaired) electrons. The summed E-state index contributed by atoms with van der Waals surface area (Å²) in [7, 11) is 0. The molecule has 0 saturated carbocycles. The summed E-state index contributed by atoms with van der Waals surface area (Å²) in [6.07, 6.45) is 0.710. The van der Waals surface area contributed by atoms with Crippen molar-refractivity contribution in [2.24, 2.45) is 0 Å². The molecule has 0 aliphatic rings. The molecule has 1 nitrogen and oxygen atoms in total. The van der Waals surface area contributed by atoms with Gasteiger partial charge in [-0.1, -0.05) is 0 Å². The summed E-state index contributed by atoms with van der Waals surface area (Å²) in [5.74, 6) is 0.566. The highest BCUT2D eigenvalue weighted by Crippen LogP contribution is 1.77. The van der Waals surface area contributed by atoms with Crippen LogP contribution >= 0.6 is 11.6 Å². The average molecular weight is 91.5 g/mol. The molecule has 0 aromatic carbocycles. The van der Waals surface area contributed by atoms with Crippen molar-refractivity contribution in [2.75, 3.05) is 12.4 Å². The van der Waals surface area contributed by atoms with Gasteiger partial charge in [-0.3, -0.25) is 0 Å². The summed E-state index contributed by atoms with van der Waals surface area (Å²) >= 11 is 5.14. The van der Waals surface area contributed by atoms with E-state index in [1.807, 2.05) is 0 Å². The second kappa shape index (κ2) is 4.25. The van der Waals surface area contributed by atoms with Crippen LogP contribution < -0.4 is 5.73 Å². The number of halogens is 1. The Balaban J connectivity index is 2.19. The third-order valence-electron chi connectivity index (χ3n) is 0.292. The van der Waals surface area contributed by atoms with Gasteiger partial charge in [-0.2, -0.15) is 0 Å². The van der Waals surface area contributed by atoms with Gasteiger partial charge in [0, 0.05) is 12.4 Å². The molecule has 0 aliphatic heterocycles. The van der Waals surface area contributed by atoms with E-state index in [2.05, 4.69) is 0 Å². The minimum atomic E-state index is 0.212. The first-order valence-corrected chi connectivity index (χ1v) is 2.12. The lowest BCUT2D eigenvalue weighted by Crippen LogP contribution is -1.82.